The molecule has 5 nitrogen and oxygen atoms in total. The average Bonchev–Trinajstić information content (AvgIpc) is 3.20. The summed E-state index contributed by atoms with van der Waals surface area (Å²) in [4.78, 5) is 29.4. The number of carbonyl (C=O) groups excluding carboxylic acids is 2. The van der Waals surface area contributed by atoms with Crippen molar-refractivity contribution in [3.8, 4) is 0 Å². The number of hydrogen-bond donors (Lipinski definition) is 1. The highest BCUT2D eigenvalue weighted by atomic mass is 35.5. The Morgan fingerprint density at radius 1 is 1.00 bits per heavy atom. The van der Waals surface area contributed by atoms with Gasteiger partial charge in [-0.25, -0.2) is 0 Å². The van der Waals surface area contributed by atoms with E-state index in [1.165, 1.54) is 4.90 Å². The molecule has 0 aliphatic carbocycles. The van der Waals surface area contributed by atoms with Gasteiger partial charge in [-0.15, -0.1) is 0 Å². The van der Waals surface area contributed by atoms with E-state index in [2.05, 4.69) is 10.2 Å². The van der Waals surface area contributed by atoms with Crippen molar-refractivity contribution in [2.75, 3.05) is 16.3 Å². The average molecular weight is 508 g/mol. The Hall–Kier alpha value is -3.19. The lowest BCUT2D eigenvalue weighted by molar-refractivity contribution is -0.122. The number of hydrogen-bond acceptors (Lipinski definition) is 4. The number of rotatable bonds is 4. The molecule has 34 heavy (non-hydrogen) atoms. The van der Waals surface area contributed by atoms with Gasteiger partial charge in [-0.05, 0) is 77.8 Å². The molecular formula is C26H19Cl2N3O2S. The summed E-state index contributed by atoms with van der Waals surface area (Å²) in [6.07, 6.45) is 2.48. The van der Waals surface area contributed by atoms with Crippen molar-refractivity contribution in [3.05, 3.63) is 99.0 Å². The van der Waals surface area contributed by atoms with Crippen molar-refractivity contribution >= 4 is 69.8 Å². The highest BCUT2D eigenvalue weighted by Crippen LogP contribution is 2.32. The van der Waals surface area contributed by atoms with Crippen molar-refractivity contribution in [1.29, 1.82) is 0 Å². The van der Waals surface area contributed by atoms with E-state index in [9.17, 15) is 9.59 Å². The summed E-state index contributed by atoms with van der Waals surface area (Å²) in [5.41, 5.74) is 4.65. The molecule has 0 bridgehead atoms. The van der Waals surface area contributed by atoms with Crippen molar-refractivity contribution < 1.29 is 9.59 Å². The number of nitrogens with one attached hydrogen (secondary N) is 1. The van der Waals surface area contributed by atoms with Crippen LogP contribution in [0.15, 0.2) is 72.3 Å². The number of fused-ring (bicyclic) bond motifs is 1. The molecule has 0 spiro atoms. The molecule has 2 amide bonds. The lowest BCUT2D eigenvalue weighted by Crippen LogP contribution is -2.54. The van der Waals surface area contributed by atoms with Crippen LogP contribution < -0.4 is 15.1 Å². The fourth-order valence-electron chi connectivity index (χ4n) is 4.25. The second-order valence-electron chi connectivity index (χ2n) is 8.09. The number of halogens is 2. The summed E-state index contributed by atoms with van der Waals surface area (Å²) < 4.78 is 0. The first-order chi connectivity index (χ1) is 16.4. The van der Waals surface area contributed by atoms with Crippen LogP contribution in [0.4, 0.5) is 11.4 Å². The van der Waals surface area contributed by atoms with E-state index >= 15 is 0 Å². The van der Waals surface area contributed by atoms with E-state index in [4.69, 9.17) is 35.4 Å². The van der Waals surface area contributed by atoms with Gasteiger partial charge in [0.15, 0.2) is 5.11 Å². The van der Waals surface area contributed by atoms with Crippen molar-refractivity contribution in [2.45, 2.75) is 13.0 Å². The Bertz CT molecular complexity index is 1370. The van der Waals surface area contributed by atoms with Crippen LogP contribution in [0.25, 0.3) is 6.08 Å². The molecule has 0 saturated carbocycles. The monoisotopic (exact) mass is 507 g/mol. The van der Waals surface area contributed by atoms with Crippen molar-refractivity contribution in [1.82, 2.24) is 5.32 Å². The zero-order chi connectivity index (χ0) is 23.8. The number of nitrogens with zero attached hydrogens (tertiary/aromatic N) is 2. The van der Waals surface area contributed by atoms with Crippen molar-refractivity contribution in [3.63, 3.8) is 0 Å². The standard InChI is InChI=1S/C26H19Cl2N3O2S/c27-19-5-3-6-20(14-19)31-25(33)21(24(32)29-26(31)34)13-16-8-9-23-17(12-16)10-11-30(23)15-18-4-1-2-7-22(18)28/h1-9,12-14H,10-11,15H2,(H,29,32,34)/b21-13-. The summed E-state index contributed by atoms with van der Waals surface area (Å²) >= 11 is 17.7. The van der Waals surface area contributed by atoms with E-state index in [-0.39, 0.29) is 10.7 Å². The zero-order valence-electron chi connectivity index (χ0n) is 17.9. The summed E-state index contributed by atoms with van der Waals surface area (Å²) in [6, 6.07) is 20.6. The molecular weight excluding hydrogens is 489 g/mol. The normalized spacial score (nSPS) is 16.8. The molecule has 2 aliphatic heterocycles. The fourth-order valence-corrected chi connectivity index (χ4v) is 4.91. The first-order valence-electron chi connectivity index (χ1n) is 10.7. The van der Waals surface area contributed by atoms with Gasteiger partial charge in [0.25, 0.3) is 11.8 Å². The van der Waals surface area contributed by atoms with Gasteiger partial charge in [0, 0.05) is 28.8 Å². The molecule has 0 radical (unpaired) electrons. The molecule has 3 aromatic carbocycles. The second-order valence-corrected chi connectivity index (χ2v) is 9.32. The lowest BCUT2D eigenvalue weighted by Gasteiger charge is -2.29. The number of benzene rings is 3. The minimum Gasteiger partial charge on any atom is -0.367 e. The molecule has 0 unspecified atom stereocenters. The molecule has 1 saturated heterocycles. The van der Waals surface area contributed by atoms with Crippen LogP contribution in [0.5, 0.6) is 0 Å². The quantitative estimate of drug-likeness (QED) is 0.292. The van der Waals surface area contributed by atoms with Crippen LogP contribution in [0.2, 0.25) is 10.0 Å². The summed E-state index contributed by atoms with van der Waals surface area (Å²) in [5.74, 6) is -1.01. The van der Waals surface area contributed by atoms with Gasteiger partial charge in [0.05, 0.1) is 5.69 Å². The second kappa shape index (κ2) is 9.22. The smallest absolute Gasteiger partial charge is 0.270 e. The largest absolute Gasteiger partial charge is 0.367 e. The van der Waals surface area contributed by atoms with Crippen LogP contribution in [-0.4, -0.2) is 23.5 Å². The predicted molar refractivity (Wildman–Crippen MR) is 140 cm³/mol. The molecule has 0 atom stereocenters. The Morgan fingerprint density at radius 3 is 2.62 bits per heavy atom. The van der Waals surface area contributed by atoms with Crippen LogP contribution in [0, 0.1) is 0 Å². The topological polar surface area (TPSA) is 52.7 Å². The number of amides is 2. The third-order valence-electron chi connectivity index (χ3n) is 5.89. The Kier molecular flexibility index (Phi) is 6.13. The summed E-state index contributed by atoms with van der Waals surface area (Å²) in [5, 5.41) is 3.85. The third-order valence-corrected chi connectivity index (χ3v) is 6.78. The van der Waals surface area contributed by atoms with Crippen LogP contribution in [0.1, 0.15) is 16.7 Å². The van der Waals surface area contributed by atoms with Gasteiger partial charge >= 0.3 is 0 Å². The molecule has 0 aromatic heterocycles. The van der Waals surface area contributed by atoms with Gasteiger partial charge in [-0.2, -0.15) is 0 Å². The molecule has 2 heterocycles. The third kappa shape index (κ3) is 4.32. The van der Waals surface area contributed by atoms with Gasteiger partial charge in [0.2, 0.25) is 0 Å². The minimum absolute atomic E-state index is 0.0134. The Morgan fingerprint density at radius 2 is 1.82 bits per heavy atom. The zero-order valence-corrected chi connectivity index (χ0v) is 20.3. The highest BCUT2D eigenvalue weighted by molar-refractivity contribution is 7.80. The minimum atomic E-state index is -0.519. The Labute approximate surface area is 212 Å². The van der Waals surface area contributed by atoms with Gasteiger partial charge < -0.3 is 4.90 Å². The number of thiocarbonyl (C=S) groups is 1. The van der Waals surface area contributed by atoms with E-state index in [1.54, 1.807) is 30.3 Å². The van der Waals surface area contributed by atoms with Crippen LogP contribution >= 0.6 is 35.4 Å². The van der Waals surface area contributed by atoms with E-state index in [0.29, 0.717) is 10.7 Å². The first-order valence-corrected chi connectivity index (χ1v) is 11.9. The maximum atomic E-state index is 13.2. The van der Waals surface area contributed by atoms with Gasteiger partial charge in [-0.3, -0.25) is 19.8 Å². The number of anilines is 2. The fraction of sp³-hybridized carbons (Fsp3) is 0.115. The lowest BCUT2D eigenvalue weighted by atomic mass is 10.0. The maximum absolute atomic E-state index is 13.2. The molecule has 1 N–H and O–H groups in total. The van der Waals surface area contributed by atoms with E-state index in [1.807, 2.05) is 42.5 Å². The molecule has 1 fully saturated rings. The molecule has 170 valence electrons. The van der Waals surface area contributed by atoms with Crippen LogP contribution in [-0.2, 0) is 22.6 Å². The van der Waals surface area contributed by atoms with E-state index < -0.39 is 11.8 Å². The summed E-state index contributed by atoms with van der Waals surface area (Å²) in [7, 11) is 0. The maximum Gasteiger partial charge on any atom is 0.270 e. The Balaban J connectivity index is 1.42. The van der Waals surface area contributed by atoms with Gasteiger partial charge in [-0.1, -0.05) is 53.5 Å². The predicted octanol–water partition coefficient (Wildman–Crippen LogP) is 5.39. The van der Waals surface area contributed by atoms with Crippen LogP contribution in [0.3, 0.4) is 0 Å². The summed E-state index contributed by atoms with van der Waals surface area (Å²) in [6.45, 7) is 1.59. The SMILES string of the molecule is O=C1NC(=S)N(c2cccc(Cl)c2)C(=O)/C1=C\c1ccc2c(c1)CCN2Cc1ccccc1Cl. The highest BCUT2D eigenvalue weighted by Gasteiger charge is 2.34. The van der Waals surface area contributed by atoms with Crippen molar-refractivity contribution in [2.24, 2.45) is 0 Å². The van der Waals surface area contributed by atoms with E-state index in [0.717, 1.165) is 46.9 Å². The molecule has 8 heteroatoms. The molecule has 3 aromatic rings. The molecule has 5 rings (SSSR count). The molecule has 2 aliphatic rings. The number of carbonyl (C=O) groups is 2. The first kappa shape index (κ1) is 22.6. The van der Waals surface area contributed by atoms with Gasteiger partial charge in [0.1, 0.15) is 5.57 Å².